The van der Waals surface area contributed by atoms with Crippen LogP contribution in [0.4, 0.5) is 4.79 Å². The molecule has 7 heteroatoms. The lowest BCUT2D eigenvalue weighted by molar-refractivity contribution is -0.139. The van der Waals surface area contributed by atoms with E-state index < -0.39 is 18.0 Å². The van der Waals surface area contributed by atoms with Crippen molar-refractivity contribution in [1.29, 1.82) is 0 Å². The molecule has 0 fully saturated rings. The van der Waals surface area contributed by atoms with Crippen LogP contribution in [0.15, 0.2) is 60.7 Å². The Hall–Kier alpha value is -2.80. The molecule has 29 heavy (non-hydrogen) atoms. The number of carboxylic acid groups (broad SMARTS) is 1. The van der Waals surface area contributed by atoms with Gasteiger partial charge in [0.1, 0.15) is 6.04 Å². The Balaban J connectivity index is 1.95. The molecule has 0 saturated heterocycles. The first-order valence-electron chi connectivity index (χ1n) is 9.50. The second-order valence-electron chi connectivity index (χ2n) is 6.55. The number of imide groups is 1. The summed E-state index contributed by atoms with van der Waals surface area (Å²) < 4.78 is 0. The lowest BCUT2D eigenvalue weighted by Crippen LogP contribution is -2.51. The van der Waals surface area contributed by atoms with Crippen molar-refractivity contribution in [3.05, 3.63) is 71.8 Å². The van der Waals surface area contributed by atoms with Crippen molar-refractivity contribution in [3.8, 4) is 0 Å². The van der Waals surface area contributed by atoms with Gasteiger partial charge >= 0.3 is 12.0 Å². The third-order valence-corrected chi connectivity index (χ3v) is 5.29. The minimum atomic E-state index is -1.12. The largest absolute Gasteiger partial charge is 0.480 e. The van der Waals surface area contributed by atoms with Gasteiger partial charge in [-0.25, -0.2) is 9.59 Å². The fourth-order valence-corrected chi connectivity index (χ4v) is 3.71. The van der Waals surface area contributed by atoms with Crippen LogP contribution in [0, 0.1) is 0 Å². The van der Waals surface area contributed by atoms with Crippen molar-refractivity contribution in [2.45, 2.75) is 31.6 Å². The van der Waals surface area contributed by atoms with Crippen LogP contribution in [0.3, 0.4) is 0 Å². The monoisotopic (exact) mass is 414 g/mol. The van der Waals surface area contributed by atoms with Crippen LogP contribution in [0.5, 0.6) is 0 Å². The maximum Gasteiger partial charge on any atom is 0.327 e. The standard InChI is InChI=1S/C22H26N2O4S/c1-2-13-24(20(25)14-17-9-5-3-6-10-17)22(28)23-19(21(26)27)16-29-15-18-11-7-4-8-12-18/h3-12,19H,2,13-16H2,1H3,(H,23,28)(H,26,27)/t19-/m0/s1. The second-order valence-corrected chi connectivity index (χ2v) is 7.58. The predicted molar refractivity (Wildman–Crippen MR) is 115 cm³/mol. The number of benzene rings is 2. The predicted octanol–water partition coefficient (Wildman–Crippen LogP) is 3.56. The van der Waals surface area contributed by atoms with Crippen molar-refractivity contribution in [1.82, 2.24) is 10.2 Å². The third kappa shape index (κ3) is 7.62. The van der Waals surface area contributed by atoms with E-state index in [-0.39, 0.29) is 24.6 Å². The summed E-state index contributed by atoms with van der Waals surface area (Å²) in [5.41, 5.74) is 1.89. The smallest absolute Gasteiger partial charge is 0.327 e. The number of thioether (sulfide) groups is 1. The molecule has 6 nitrogen and oxygen atoms in total. The summed E-state index contributed by atoms with van der Waals surface area (Å²) in [4.78, 5) is 37.9. The number of nitrogens with zero attached hydrogens (tertiary/aromatic N) is 1. The lowest BCUT2D eigenvalue weighted by atomic mass is 10.1. The normalized spacial score (nSPS) is 11.5. The van der Waals surface area contributed by atoms with Crippen molar-refractivity contribution in [3.63, 3.8) is 0 Å². The highest BCUT2D eigenvalue weighted by molar-refractivity contribution is 7.98. The Bertz CT molecular complexity index is 799. The molecule has 0 aliphatic carbocycles. The minimum Gasteiger partial charge on any atom is -0.480 e. The van der Waals surface area contributed by atoms with E-state index >= 15 is 0 Å². The molecular formula is C22H26N2O4S. The molecule has 0 saturated carbocycles. The second kappa shape index (κ2) is 11.9. The molecule has 0 spiro atoms. The Kier molecular flexibility index (Phi) is 9.24. The van der Waals surface area contributed by atoms with E-state index in [9.17, 15) is 19.5 Å². The zero-order valence-corrected chi connectivity index (χ0v) is 17.2. The van der Waals surface area contributed by atoms with E-state index in [0.717, 1.165) is 16.0 Å². The highest BCUT2D eigenvalue weighted by Gasteiger charge is 2.26. The van der Waals surface area contributed by atoms with E-state index in [0.29, 0.717) is 12.2 Å². The average molecular weight is 415 g/mol. The highest BCUT2D eigenvalue weighted by Crippen LogP contribution is 2.13. The quantitative estimate of drug-likeness (QED) is 0.621. The molecule has 0 bridgehead atoms. The molecule has 0 heterocycles. The number of hydrogen-bond donors (Lipinski definition) is 2. The molecule has 0 aliphatic rings. The van der Waals surface area contributed by atoms with E-state index in [1.807, 2.05) is 67.6 Å². The Morgan fingerprint density at radius 3 is 2.14 bits per heavy atom. The molecule has 0 unspecified atom stereocenters. The molecule has 154 valence electrons. The van der Waals surface area contributed by atoms with Gasteiger partial charge in [0.25, 0.3) is 0 Å². The van der Waals surface area contributed by atoms with E-state index in [4.69, 9.17) is 0 Å². The first-order chi connectivity index (χ1) is 14.0. The number of carboxylic acids is 1. The van der Waals surface area contributed by atoms with Gasteiger partial charge < -0.3 is 10.4 Å². The maximum atomic E-state index is 12.6. The summed E-state index contributed by atoms with van der Waals surface area (Å²) in [7, 11) is 0. The van der Waals surface area contributed by atoms with Gasteiger partial charge in [-0.15, -0.1) is 0 Å². The third-order valence-electron chi connectivity index (χ3n) is 4.18. The Morgan fingerprint density at radius 2 is 1.59 bits per heavy atom. The van der Waals surface area contributed by atoms with Gasteiger partial charge in [0, 0.05) is 18.1 Å². The van der Waals surface area contributed by atoms with Gasteiger partial charge in [-0.2, -0.15) is 11.8 Å². The molecule has 2 aromatic rings. The summed E-state index contributed by atoms with van der Waals surface area (Å²) in [5, 5.41) is 12.0. The number of rotatable bonds is 10. The molecule has 3 amide bonds. The Morgan fingerprint density at radius 1 is 1.00 bits per heavy atom. The van der Waals surface area contributed by atoms with Crippen LogP contribution in [-0.4, -0.2) is 46.3 Å². The lowest BCUT2D eigenvalue weighted by Gasteiger charge is -2.23. The number of carbonyl (C=O) groups is 3. The molecule has 0 radical (unpaired) electrons. The maximum absolute atomic E-state index is 12.6. The fourth-order valence-electron chi connectivity index (χ4n) is 2.70. The average Bonchev–Trinajstić information content (AvgIpc) is 2.72. The van der Waals surface area contributed by atoms with Crippen molar-refractivity contribution in [2.24, 2.45) is 0 Å². The van der Waals surface area contributed by atoms with Gasteiger partial charge in [0.15, 0.2) is 0 Å². The van der Waals surface area contributed by atoms with Crippen LogP contribution in [0.1, 0.15) is 24.5 Å². The van der Waals surface area contributed by atoms with Gasteiger partial charge in [-0.3, -0.25) is 9.69 Å². The van der Waals surface area contributed by atoms with Crippen molar-refractivity contribution in [2.75, 3.05) is 12.3 Å². The first-order valence-corrected chi connectivity index (χ1v) is 10.7. The number of amides is 3. The van der Waals surface area contributed by atoms with Gasteiger partial charge in [-0.05, 0) is 17.5 Å². The zero-order chi connectivity index (χ0) is 21.1. The van der Waals surface area contributed by atoms with Crippen molar-refractivity contribution >= 4 is 29.7 Å². The number of carbonyl (C=O) groups excluding carboxylic acids is 2. The summed E-state index contributed by atoms with van der Waals surface area (Å²) in [6, 6.07) is 17.1. The number of hydrogen-bond acceptors (Lipinski definition) is 4. The highest BCUT2D eigenvalue weighted by atomic mass is 32.2. The minimum absolute atomic E-state index is 0.0920. The topological polar surface area (TPSA) is 86.7 Å². The van der Waals surface area contributed by atoms with Crippen LogP contribution in [0.2, 0.25) is 0 Å². The molecule has 2 N–H and O–H groups in total. The summed E-state index contributed by atoms with van der Waals surface area (Å²) in [6.45, 7) is 2.10. The summed E-state index contributed by atoms with van der Waals surface area (Å²) >= 11 is 1.42. The van der Waals surface area contributed by atoms with Gasteiger partial charge in [-0.1, -0.05) is 67.6 Å². The van der Waals surface area contributed by atoms with E-state index in [1.165, 1.54) is 11.8 Å². The van der Waals surface area contributed by atoms with Crippen molar-refractivity contribution < 1.29 is 19.5 Å². The van der Waals surface area contributed by atoms with Gasteiger partial charge in [0.05, 0.1) is 6.42 Å². The van der Waals surface area contributed by atoms with Crippen LogP contribution in [-0.2, 0) is 21.8 Å². The number of nitrogens with one attached hydrogen (secondary N) is 1. The molecule has 1 atom stereocenters. The first kappa shape index (κ1) is 22.5. The fraction of sp³-hybridized carbons (Fsp3) is 0.318. The molecule has 2 rings (SSSR count). The van der Waals surface area contributed by atoms with Crippen LogP contribution < -0.4 is 5.32 Å². The Labute approximate surface area is 175 Å². The van der Waals surface area contributed by atoms with E-state index in [1.54, 1.807) is 0 Å². The van der Waals surface area contributed by atoms with E-state index in [2.05, 4.69) is 5.32 Å². The van der Waals surface area contributed by atoms with Crippen LogP contribution in [0.25, 0.3) is 0 Å². The van der Waals surface area contributed by atoms with Crippen LogP contribution >= 0.6 is 11.8 Å². The molecule has 0 aromatic heterocycles. The number of aliphatic carboxylic acids is 1. The number of urea groups is 1. The zero-order valence-electron chi connectivity index (χ0n) is 16.4. The van der Waals surface area contributed by atoms with Gasteiger partial charge in [0.2, 0.25) is 5.91 Å². The summed E-state index contributed by atoms with van der Waals surface area (Å²) in [5.74, 6) is -0.614. The summed E-state index contributed by atoms with van der Waals surface area (Å²) in [6.07, 6.45) is 0.684. The molecule has 2 aromatic carbocycles. The SMILES string of the molecule is CCCN(C(=O)Cc1ccccc1)C(=O)N[C@@H](CSCc1ccccc1)C(=O)O. The molecule has 0 aliphatic heterocycles. The molecular weight excluding hydrogens is 388 g/mol.